The first-order chi connectivity index (χ1) is 13.5. The third-order valence-electron chi connectivity index (χ3n) is 4.89. The minimum atomic E-state index is -0.313. The SMILES string of the molecule is Cc1ccc(-c2cc(C(=O)NCCCCCF)nc3c(C)cccc23)c(C)n1. The summed E-state index contributed by atoms with van der Waals surface area (Å²) in [5.74, 6) is -0.204. The van der Waals surface area contributed by atoms with Crippen LogP contribution in [0, 0.1) is 20.8 Å². The zero-order valence-corrected chi connectivity index (χ0v) is 16.7. The number of amides is 1. The Balaban J connectivity index is 2.01. The molecule has 0 unspecified atom stereocenters. The van der Waals surface area contributed by atoms with Gasteiger partial charge in [-0.25, -0.2) is 4.98 Å². The molecule has 0 aliphatic carbocycles. The fourth-order valence-electron chi connectivity index (χ4n) is 3.39. The van der Waals surface area contributed by atoms with Crippen molar-refractivity contribution in [3.8, 4) is 11.1 Å². The van der Waals surface area contributed by atoms with Gasteiger partial charge in [0.1, 0.15) is 5.69 Å². The smallest absolute Gasteiger partial charge is 0.269 e. The second-order valence-electron chi connectivity index (χ2n) is 7.12. The maximum absolute atomic E-state index is 12.7. The monoisotopic (exact) mass is 379 g/mol. The normalized spacial score (nSPS) is 11.0. The zero-order chi connectivity index (χ0) is 20.1. The van der Waals surface area contributed by atoms with Crippen LogP contribution in [0.2, 0.25) is 0 Å². The average molecular weight is 379 g/mol. The molecule has 0 aliphatic rings. The van der Waals surface area contributed by atoms with Gasteiger partial charge in [-0.15, -0.1) is 0 Å². The molecule has 0 spiro atoms. The van der Waals surface area contributed by atoms with E-state index in [1.165, 1.54) is 0 Å². The Kier molecular flexibility index (Phi) is 6.34. The molecule has 1 amide bonds. The number of nitrogens with zero attached hydrogens (tertiary/aromatic N) is 2. The minimum absolute atomic E-state index is 0.204. The van der Waals surface area contributed by atoms with Gasteiger partial charge in [-0.1, -0.05) is 24.3 Å². The van der Waals surface area contributed by atoms with Crippen molar-refractivity contribution in [1.82, 2.24) is 15.3 Å². The number of fused-ring (bicyclic) bond motifs is 1. The maximum atomic E-state index is 12.7. The van der Waals surface area contributed by atoms with E-state index in [1.807, 2.05) is 57.2 Å². The molecule has 0 aliphatic heterocycles. The summed E-state index contributed by atoms with van der Waals surface area (Å²) in [5.41, 5.74) is 6.08. The van der Waals surface area contributed by atoms with Gasteiger partial charge in [-0.2, -0.15) is 0 Å². The molecule has 28 heavy (non-hydrogen) atoms. The van der Waals surface area contributed by atoms with E-state index in [-0.39, 0.29) is 12.6 Å². The van der Waals surface area contributed by atoms with Gasteiger partial charge in [0.2, 0.25) is 0 Å². The molecular formula is C23H26FN3O. The highest BCUT2D eigenvalue weighted by Crippen LogP contribution is 2.31. The van der Waals surface area contributed by atoms with Gasteiger partial charge in [0.15, 0.2) is 0 Å². The number of alkyl halides is 1. The van der Waals surface area contributed by atoms with Crippen LogP contribution in [-0.2, 0) is 0 Å². The molecule has 4 nitrogen and oxygen atoms in total. The Bertz CT molecular complexity index is 1000. The second-order valence-corrected chi connectivity index (χ2v) is 7.12. The number of benzene rings is 1. The molecule has 0 atom stereocenters. The third-order valence-corrected chi connectivity index (χ3v) is 4.89. The molecule has 0 bridgehead atoms. The number of carbonyl (C=O) groups is 1. The molecule has 0 saturated carbocycles. The summed E-state index contributed by atoms with van der Waals surface area (Å²) < 4.78 is 12.2. The Hall–Kier alpha value is -2.82. The Morgan fingerprint density at radius 2 is 1.82 bits per heavy atom. The van der Waals surface area contributed by atoms with Crippen molar-refractivity contribution >= 4 is 16.8 Å². The van der Waals surface area contributed by atoms with Crippen molar-refractivity contribution in [2.45, 2.75) is 40.0 Å². The van der Waals surface area contributed by atoms with E-state index in [9.17, 15) is 9.18 Å². The summed E-state index contributed by atoms with van der Waals surface area (Å²) in [6.45, 7) is 6.15. The quantitative estimate of drug-likeness (QED) is 0.582. The lowest BCUT2D eigenvalue weighted by molar-refractivity contribution is 0.0948. The van der Waals surface area contributed by atoms with Crippen LogP contribution < -0.4 is 5.32 Å². The van der Waals surface area contributed by atoms with Crippen LogP contribution in [0.25, 0.3) is 22.0 Å². The van der Waals surface area contributed by atoms with Crippen molar-refractivity contribution < 1.29 is 9.18 Å². The van der Waals surface area contributed by atoms with Gasteiger partial charge in [0.25, 0.3) is 5.91 Å². The lowest BCUT2D eigenvalue weighted by atomic mass is 9.97. The van der Waals surface area contributed by atoms with Gasteiger partial charge >= 0.3 is 0 Å². The fourth-order valence-corrected chi connectivity index (χ4v) is 3.39. The maximum Gasteiger partial charge on any atom is 0.269 e. The molecule has 2 aromatic heterocycles. The molecule has 1 aromatic carbocycles. The first-order valence-corrected chi connectivity index (χ1v) is 9.70. The summed E-state index contributed by atoms with van der Waals surface area (Å²) in [6, 6.07) is 11.9. The van der Waals surface area contributed by atoms with E-state index < -0.39 is 0 Å². The minimum Gasteiger partial charge on any atom is -0.351 e. The van der Waals surface area contributed by atoms with Crippen LogP contribution in [0.15, 0.2) is 36.4 Å². The summed E-state index contributed by atoms with van der Waals surface area (Å²) in [6.07, 6.45) is 2.06. The highest BCUT2D eigenvalue weighted by molar-refractivity contribution is 6.02. The van der Waals surface area contributed by atoms with Gasteiger partial charge in [-0.05, 0) is 63.3 Å². The number of pyridine rings is 2. The molecule has 0 saturated heterocycles. The molecular weight excluding hydrogens is 353 g/mol. The van der Waals surface area contributed by atoms with Crippen molar-refractivity contribution in [1.29, 1.82) is 0 Å². The number of hydrogen-bond donors (Lipinski definition) is 1. The number of carbonyl (C=O) groups excluding carboxylic acids is 1. The zero-order valence-electron chi connectivity index (χ0n) is 16.7. The van der Waals surface area contributed by atoms with Crippen LogP contribution in [-0.4, -0.2) is 29.1 Å². The molecule has 146 valence electrons. The van der Waals surface area contributed by atoms with E-state index in [4.69, 9.17) is 0 Å². The lowest BCUT2D eigenvalue weighted by Crippen LogP contribution is -2.25. The summed E-state index contributed by atoms with van der Waals surface area (Å²) in [5, 5.41) is 3.91. The number of nitrogens with one attached hydrogen (secondary N) is 1. The number of para-hydroxylation sites is 1. The first kappa shape index (κ1) is 19.9. The molecule has 5 heteroatoms. The van der Waals surface area contributed by atoms with Crippen molar-refractivity contribution in [3.05, 3.63) is 59.0 Å². The van der Waals surface area contributed by atoms with Gasteiger partial charge in [0, 0.05) is 28.9 Å². The fraction of sp³-hybridized carbons (Fsp3) is 0.348. The van der Waals surface area contributed by atoms with Crippen molar-refractivity contribution in [2.75, 3.05) is 13.2 Å². The van der Waals surface area contributed by atoms with Crippen LogP contribution in [0.5, 0.6) is 0 Å². The molecule has 3 aromatic rings. The number of hydrogen-bond acceptors (Lipinski definition) is 3. The lowest BCUT2D eigenvalue weighted by Gasteiger charge is -2.13. The molecule has 1 N–H and O–H groups in total. The van der Waals surface area contributed by atoms with Crippen LogP contribution in [0.4, 0.5) is 4.39 Å². The molecule has 2 heterocycles. The Morgan fingerprint density at radius 1 is 1.00 bits per heavy atom. The summed E-state index contributed by atoms with van der Waals surface area (Å²) in [4.78, 5) is 21.9. The van der Waals surface area contributed by atoms with Crippen LogP contribution in [0.1, 0.15) is 46.7 Å². The van der Waals surface area contributed by atoms with Crippen molar-refractivity contribution in [3.63, 3.8) is 0 Å². The van der Waals surface area contributed by atoms with E-state index in [1.54, 1.807) is 0 Å². The van der Waals surface area contributed by atoms with E-state index in [0.717, 1.165) is 51.8 Å². The van der Waals surface area contributed by atoms with E-state index in [2.05, 4.69) is 15.3 Å². The molecule has 0 radical (unpaired) electrons. The topological polar surface area (TPSA) is 54.9 Å². The summed E-state index contributed by atoms with van der Waals surface area (Å²) >= 11 is 0. The summed E-state index contributed by atoms with van der Waals surface area (Å²) in [7, 11) is 0. The van der Waals surface area contributed by atoms with E-state index >= 15 is 0 Å². The van der Waals surface area contributed by atoms with Gasteiger partial charge < -0.3 is 5.32 Å². The second kappa shape index (κ2) is 8.91. The van der Waals surface area contributed by atoms with E-state index in [0.29, 0.717) is 18.7 Å². The number of aromatic nitrogens is 2. The highest BCUT2D eigenvalue weighted by Gasteiger charge is 2.15. The van der Waals surface area contributed by atoms with Crippen LogP contribution >= 0.6 is 0 Å². The van der Waals surface area contributed by atoms with Crippen molar-refractivity contribution in [2.24, 2.45) is 0 Å². The Morgan fingerprint density at radius 3 is 2.57 bits per heavy atom. The average Bonchev–Trinajstić information content (AvgIpc) is 2.67. The number of unbranched alkanes of at least 4 members (excludes halogenated alkanes) is 2. The number of rotatable bonds is 7. The Labute approximate surface area is 165 Å². The standard InChI is InChI=1S/C23H26FN3O/c1-15-8-7-9-19-20(18-11-10-16(2)26-17(18)3)14-21(27-22(15)19)23(28)25-13-6-4-5-12-24/h7-11,14H,4-6,12-13H2,1-3H3,(H,25,28). The number of aryl methyl sites for hydroxylation is 3. The molecule has 3 rings (SSSR count). The highest BCUT2D eigenvalue weighted by atomic mass is 19.1. The van der Waals surface area contributed by atoms with Crippen LogP contribution in [0.3, 0.4) is 0 Å². The number of halogens is 1. The largest absolute Gasteiger partial charge is 0.351 e. The van der Waals surface area contributed by atoms with Gasteiger partial charge in [0.05, 0.1) is 12.2 Å². The predicted molar refractivity (Wildman–Crippen MR) is 111 cm³/mol. The van der Waals surface area contributed by atoms with Gasteiger partial charge in [-0.3, -0.25) is 14.2 Å². The first-order valence-electron chi connectivity index (χ1n) is 9.70. The molecule has 0 fully saturated rings. The third kappa shape index (κ3) is 4.35. The predicted octanol–water partition coefficient (Wildman–Crippen LogP) is 5.09.